The summed E-state index contributed by atoms with van der Waals surface area (Å²) in [5, 5.41) is 13.0. The molecular weight excluding hydrogens is 322 g/mol. The van der Waals surface area contributed by atoms with Gasteiger partial charge >= 0.3 is 0 Å². The van der Waals surface area contributed by atoms with E-state index >= 15 is 0 Å². The van der Waals surface area contributed by atoms with Gasteiger partial charge in [0, 0.05) is 37.4 Å². The number of likely N-dealkylation sites (tertiary alicyclic amines) is 1. The molecule has 25 heavy (non-hydrogen) atoms. The fourth-order valence-corrected chi connectivity index (χ4v) is 3.07. The Balaban J connectivity index is 1.48. The van der Waals surface area contributed by atoms with Gasteiger partial charge in [0.05, 0.1) is 0 Å². The number of Topliss-reactive ketones (excluding diaryl/α,β-unsaturated/α-hetero) is 1. The first-order chi connectivity index (χ1) is 12.0. The predicted molar refractivity (Wildman–Crippen MR) is 89.1 cm³/mol. The van der Waals surface area contributed by atoms with Crippen LogP contribution in [0.5, 0.6) is 5.75 Å². The largest absolute Gasteiger partial charge is 0.508 e. The number of carbonyl (C=O) groups excluding carboxylic acids is 2. The van der Waals surface area contributed by atoms with E-state index in [1.54, 1.807) is 24.0 Å². The van der Waals surface area contributed by atoms with Gasteiger partial charge in [0.2, 0.25) is 11.8 Å². The monoisotopic (exact) mass is 343 g/mol. The molecule has 0 radical (unpaired) electrons. The van der Waals surface area contributed by atoms with E-state index in [-0.39, 0.29) is 23.4 Å². The number of ketones is 1. The smallest absolute Gasteiger partial charge is 0.227 e. The second kappa shape index (κ2) is 7.46. The summed E-state index contributed by atoms with van der Waals surface area (Å²) in [6.07, 6.45) is 2.08. The van der Waals surface area contributed by atoms with Crippen LogP contribution in [0.4, 0.5) is 0 Å². The predicted octanol–water partition coefficient (Wildman–Crippen LogP) is 2.14. The van der Waals surface area contributed by atoms with Crippen molar-refractivity contribution in [3.63, 3.8) is 0 Å². The Morgan fingerprint density at radius 1 is 1.24 bits per heavy atom. The number of nitrogens with zero attached hydrogens (tertiary/aromatic N) is 3. The van der Waals surface area contributed by atoms with Crippen LogP contribution in [0.2, 0.25) is 0 Å². The van der Waals surface area contributed by atoms with Gasteiger partial charge in [-0.25, -0.2) is 0 Å². The number of phenolic OH excluding ortho intramolecular Hbond substituents is 1. The van der Waals surface area contributed by atoms with E-state index in [2.05, 4.69) is 10.1 Å². The fraction of sp³-hybridized carbons (Fsp3) is 0.444. The quantitative estimate of drug-likeness (QED) is 0.836. The number of aromatic hydroxyl groups is 1. The lowest BCUT2D eigenvalue weighted by molar-refractivity contribution is -0.132. The molecular formula is C18H21N3O4. The summed E-state index contributed by atoms with van der Waals surface area (Å²) in [7, 11) is 0. The number of amides is 1. The van der Waals surface area contributed by atoms with Crippen molar-refractivity contribution in [2.24, 2.45) is 5.92 Å². The Bertz CT molecular complexity index is 746. The summed E-state index contributed by atoms with van der Waals surface area (Å²) in [6, 6.07) is 6.32. The average molecular weight is 343 g/mol. The molecule has 1 aromatic heterocycles. The molecule has 1 N–H and O–H groups in total. The molecule has 1 saturated heterocycles. The maximum atomic E-state index is 12.5. The van der Waals surface area contributed by atoms with Gasteiger partial charge in [-0.05, 0) is 44.0 Å². The Hall–Kier alpha value is -2.70. The average Bonchev–Trinajstić information content (AvgIpc) is 3.05. The number of hydrogen-bond acceptors (Lipinski definition) is 6. The third kappa shape index (κ3) is 4.23. The molecule has 132 valence electrons. The maximum Gasteiger partial charge on any atom is 0.227 e. The maximum absolute atomic E-state index is 12.5. The number of hydrogen-bond donors (Lipinski definition) is 1. The minimum atomic E-state index is -0.0767. The number of carbonyl (C=O) groups is 2. The molecule has 1 amide bonds. The van der Waals surface area contributed by atoms with Crippen molar-refractivity contribution in [2.45, 2.75) is 32.6 Å². The highest BCUT2D eigenvalue weighted by Crippen LogP contribution is 2.23. The van der Waals surface area contributed by atoms with Crippen LogP contribution >= 0.6 is 0 Å². The minimum absolute atomic E-state index is 0.0476. The summed E-state index contributed by atoms with van der Waals surface area (Å²) in [6.45, 7) is 2.90. The van der Waals surface area contributed by atoms with Crippen LogP contribution in [-0.4, -0.2) is 44.9 Å². The molecule has 1 fully saturated rings. The Morgan fingerprint density at radius 3 is 2.52 bits per heavy atom. The molecule has 0 aliphatic carbocycles. The van der Waals surface area contributed by atoms with Crippen LogP contribution < -0.4 is 0 Å². The van der Waals surface area contributed by atoms with E-state index in [9.17, 15) is 14.7 Å². The van der Waals surface area contributed by atoms with Crippen LogP contribution in [0.1, 0.15) is 41.3 Å². The Labute approximate surface area is 145 Å². The van der Waals surface area contributed by atoms with Gasteiger partial charge in [-0.2, -0.15) is 4.98 Å². The van der Waals surface area contributed by atoms with Crippen molar-refractivity contribution < 1.29 is 19.2 Å². The first kappa shape index (κ1) is 17.1. The Morgan fingerprint density at radius 2 is 1.92 bits per heavy atom. The van der Waals surface area contributed by atoms with Crippen LogP contribution in [0.25, 0.3) is 0 Å². The number of rotatable bonds is 5. The molecule has 7 nitrogen and oxygen atoms in total. The zero-order valence-electron chi connectivity index (χ0n) is 14.1. The van der Waals surface area contributed by atoms with Crippen LogP contribution in [0, 0.1) is 12.8 Å². The minimum Gasteiger partial charge on any atom is -0.508 e. The number of aromatic nitrogens is 2. The fourth-order valence-electron chi connectivity index (χ4n) is 3.07. The zero-order chi connectivity index (χ0) is 17.8. The van der Waals surface area contributed by atoms with E-state index in [1.165, 1.54) is 12.1 Å². The van der Waals surface area contributed by atoms with E-state index in [0.29, 0.717) is 56.1 Å². The van der Waals surface area contributed by atoms with E-state index in [4.69, 9.17) is 4.52 Å². The summed E-state index contributed by atoms with van der Waals surface area (Å²) >= 11 is 0. The zero-order valence-corrected chi connectivity index (χ0v) is 14.1. The molecule has 0 saturated carbocycles. The number of phenols is 1. The SMILES string of the molecule is Cc1noc(CCC(=O)N2CCC(C(=O)c3ccc(O)cc3)CC2)n1. The van der Waals surface area contributed by atoms with Crippen molar-refractivity contribution >= 4 is 11.7 Å². The third-order valence-corrected chi connectivity index (χ3v) is 4.49. The van der Waals surface area contributed by atoms with Crippen molar-refractivity contribution in [1.29, 1.82) is 0 Å². The van der Waals surface area contributed by atoms with Crippen molar-refractivity contribution in [3.8, 4) is 5.75 Å². The standard InChI is InChI=1S/C18H21N3O4/c1-12-19-16(25-20-12)6-7-17(23)21-10-8-14(9-11-21)18(24)13-2-4-15(22)5-3-13/h2-5,14,22H,6-11H2,1H3. The molecule has 0 unspecified atom stereocenters. The molecule has 0 atom stereocenters. The second-order valence-corrected chi connectivity index (χ2v) is 6.30. The summed E-state index contributed by atoms with van der Waals surface area (Å²) < 4.78 is 5.01. The molecule has 7 heteroatoms. The van der Waals surface area contributed by atoms with Crippen molar-refractivity contribution in [2.75, 3.05) is 13.1 Å². The summed E-state index contributed by atoms with van der Waals surface area (Å²) in [5.41, 5.74) is 0.606. The van der Waals surface area contributed by atoms with Gasteiger partial charge in [0.1, 0.15) is 5.75 Å². The lowest BCUT2D eigenvalue weighted by Crippen LogP contribution is -2.40. The molecule has 1 aliphatic heterocycles. The molecule has 2 heterocycles. The molecule has 3 rings (SSSR count). The molecule has 0 bridgehead atoms. The second-order valence-electron chi connectivity index (χ2n) is 6.30. The molecule has 1 aliphatic rings. The first-order valence-corrected chi connectivity index (χ1v) is 8.43. The molecule has 0 spiro atoms. The van der Waals surface area contributed by atoms with Crippen LogP contribution in [0.15, 0.2) is 28.8 Å². The highest BCUT2D eigenvalue weighted by atomic mass is 16.5. The highest BCUT2D eigenvalue weighted by Gasteiger charge is 2.28. The number of benzene rings is 1. The van der Waals surface area contributed by atoms with E-state index in [0.717, 1.165) is 0 Å². The first-order valence-electron chi connectivity index (χ1n) is 8.43. The van der Waals surface area contributed by atoms with Crippen LogP contribution in [-0.2, 0) is 11.2 Å². The van der Waals surface area contributed by atoms with Gasteiger partial charge in [-0.3, -0.25) is 9.59 Å². The highest BCUT2D eigenvalue weighted by molar-refractivity contribution is 5.98. The molecule has 1 aromatic carbocycles. The van der Waals surface area contributed by atoms with Gasteiger partial charge in [-0.1, -0.05) is 5.16 Å². The Kier molecular flexibility index (Phi) is 5.11. The number of aryl methyl sites for hydroxylation is 2. The third-order valence-electron chi connectivity index (χ3n) is 4.49. The van der Waals surface area contributed by atoms with Gasteiger partial charge in [-0.15, -0.1) is 0 Å². The van der Waals surface area contributed by atoms with Gasteiger partial charge < -0.3 is 14.5 Å². The van der Waals surface area contributed by atoms with Gasteiger partial charge in [0.15, 0.2) is 11.6 Å². The summed E-state index contributed by atoms with van der Waals surface area (Å²) in [4.78, 5) is 30.7. The molecule has 2 aromatic rings. The lowest BCUT2D eigenvalue weighted by Gasteiger charge is -2.31. The topological polar surface area (TPSA) is 96.5 Å². The lowest BCUT2D eigenvalue weighted by atomic mass is 9.88. The number of piperidine rings is 1. The van der Waals surface area contributed by atoms with Gasteiger partial charge in [0.25, 0.3) is 0 Å². The normalized spacial score (nSPS) is 15.3. The van der Waals surface area contributed by atoms with Crippen molar-refractivity contribution in [1.82, 2.24) is 15.0 Å². The van der Waals surface area contributed by atoms with E-state index < -0.39 is 0 Å². The van der Waals surface area contributed by atoms with E-state index in [1.807, 2.05) is 0 Å². The van der Waals surface area contributed by atoms with Crippen molar-refractivity contribution in [3.05, 3.63) is 41.5 Å². The van der Waals surface area contributed by atoms with Crippen LogP contribution in [0.3, 0.4) is 0 Å². The summed E-state index contributed by atoms with van der Waals surface area (Å²) in [5.74, 6) is 1.24.